The predicted octanol–water partition coefficient (Wildman–Crippen LogP) is 4.68. The van der Waals surface area contributed by atoms with Gasteiger partial charge in [-0.2, -0.15) is 0 Å². The highest BCUT2D eigenvalue weighted by Crippen LogP contribution is 2.68. The van der Waals surface area contributed by atoms with E-state index in [4.69, 9.17) is 14.9 Å². The van der Waals surface area contributed by atoms with Gasteiger partial charge in [-0.05, 0) is 56.0 Å². The average Bonchev–Trinajstić information content (AvgIpc) is 3.30. The van der Waals surface area contributed by atoms with Crippen molar-refractivity contribution in [3.05, 3.63) is 24.8 Å². The zero-order valence-electron chi connectivity index (χ0n) is 26.1. The van der Waals surface area contributed by atoms with E-state index < -0.39 is 35.0 Å². The molecule has 42 heavy (non-hydrogen) atoms. The van der Waals surface area contributed by atoms with Crippen LogP contribution in [-0.2, 0) is 23.9 Å². The Bertz CT molecular complexity index is 1010. The van der Waals surface area contributed by atoms with Crippen LogP contribution in [0.1, 0.15) is 73.6 Å². The van der Waals surface area contributed by atoms with Gasteiger partial charge in [-0.3, -0.25) is 9.59 Å². The number of carbonyl (C=O) groups excluding carboxylic acids is 2. The number of nitrogens with zero attached hydrogens (tertiary/aromatic N) is 1. The lowest BCUT2D eigenvalue weighted by molar-refractivity contribution is -0.205. The van der Waals surface area contributed by atoms with Gasteiger partial charge < -0.3 is 25.0 Å². The van der Waals surface area contributed by atoms with Crippen molar-refractivity contribution < 1.29 is 39.2 Å². The van der Waals surface area contributed by atoms with E-state index in [1.165, 1.54) is 0 Å². The summed E-state index contributed by atoms with van der Waals surface area (Å²) >= 11 is 1.61. The maximum Gasteiger partial charge on any atom is 0.328 e. The predicted molar refractivity (Wildman–Crippen MR) is 164 cm³/mol. The molecule has 2 bridgehead atoms. The molecule has 0 heterocycles. The number of carboxylic acids is 2. The normalized spacial score (nSPS) is 35.9. The summed E-state index contributed by atoms with van der Waals surface area (Å²) in [5, 5.41) is 27.2. The molecule has 0 spiro atoms. The largest absolute Gasteiger partial charge is 0.478 e. The summed E-state index contributed by atoms with van der Waals surface area (Å²) in [6, 6.07) is 0. The number of thioether (sulfide) groups is 1. The molecule has 9 nitrogen and oxygen atoms in total. The first-order valence-electron chi connectivity index (χ1n) is 15.1. The van der Waals surface area contributed by atoms with Gasteiger partial charge in [0.05, 0.1) is 11.9 Å². The van der Waals surface area contributed by atoms with Gasteiger partial charge in [-0.25, -0.2) is 9.59 Å². The van der Waals surface area contributed by atoms with Crippen molar-refractivity contribution >= 4 is 35.5 Å². The van der Waals surface area contributed by atoms with E-state index >= 15 is 0 Å². The number of esters is 1. The third kappa shape index (κ3) is 7.66. The van der Waals surface area contributed by atoms with Gasteiger partial charge >= 0.3 is 17.9 Å². The fourth-order valence-electron chi connectivity index (χ4n) is 7.73. The molecule has 3 saturated carbocycles. The molecule has 238 valence electrons. The second kappa shape index (κ2) is 15.0. The van der Waals surface area contributed by atoms with Crippen molar-refractivity contribution in [1.82, 2.24) is 4.90 Å². The summed E-state index contributed by atoms with van der Waals surface area (Å²) in [6.07, 6.45) is 5.76. The molecule has 3 N–H and O–H groups in total. The first kappa shape index (κ1) is 36.0. The minimum atomic E-state index is -1.26. The number of aliphatic hydroxyl groups excluding tert-OH is 1. The Morgan fingerprint density at radius 1 is 1.10 bits per heavy atom. The molecular formula is C32H51NO8S. The molecule has 0 aromatic heterocycles. The van der Waals surface area contributed by atoms with Gasteiger partial charge in [0.2, 0.25) is 0 Å². The quantitative estimate of drug-likeness (QED) is 0.0989. The number of aliphatic carboxylic acids is 2. The van der Waals surface area contributed by atoms with E-state index in [1.807, 2.05) is 13.0 Å². The first-order valence-corrected chi connectivity index (χ1v) is 16.3. The minimum Gasteiger partial charge on any atom is -0.478 e. The first-order chi connectivity index (χ1) is 19.6. The molecule has 3 aliphatic rings. The number of aliphatic hydroxyl groups is 1. The molecule has 0 aliphatic heterocycles. The number of hydrogen-bond acceptors (Lipinski definition) is 8. The Morgan fingerprint density at radius 3 is 2.21 bits per heavy atom. The van der Waals surface area contributed by atoms with Gasteiger partial charge in [0.25, 0.3) is 0 Å². The number of ether oxygens (including phenoxy) is 1. The van der Waals surface area contributed by atoms with E-state index in [0.29, 0.717) is 36.5 Å². The Kier molecular flexibility index (Phi) is 12.9. The molecule has 0 unspecified atom stereocenters. The van der Waals surface area contributed by atoms with Crippen molar-refractivity contribution in [1.29, 1.82) is 0 Å². The molecular weight excluding hydrogens is 562 g/mol. The molecule has 0 saturated heterocycles. The highest BCUT2D eigenvalue weighted by atomic mass is 32.2. The second-order valence-corrected chi connectivity index (χ2v) is 13.8. The number of ketones is 1. The summed E-state index contributed by atoms with van der Waals surface area (Å²) in [6.45, 7) is 20.0. The van der Waals surface area contributed by atoms with Crippen LogP contribution in [0.2, 0.25) is 0 Å². The van der Waals surface area contributed by atoms with Gasteiger partial charge in [0.1, 0.15) is 11.9 Å². The lowest BCUT2D eigenvalue weighted by atomic mass is 9.44. The van der Waals surface area contributed by atoms with Crippen LogP contribution < -0.4 is 0 Å². The highest BCUT2D eigenvalue weighted by molar-refractivity contribution is 7.99. The van der Waals surface area contributed by atoms with Crippen LogP contribution in [0.25, 0.3) is 0 Å². The van der Waals surface area contributed by atoms with Crippen molar-refractivity contribution in [2.45, 2.75) is 85.9 Å². The standard InChI is InChI=1S/C28H47NO4S.C4H4O4/c1-8-26(6)17-22(33-23(31)18-34-16-15-29(9-2)10-3)27(7)19(4)11-13-28(20(5)25(26)32)14-12-21(30)24(27)28;5-3(6)1-2-4(7)8/h8,19-20,22,24-25,32H,1,9-18H2,2-7H3;1-2H,(H,5,6)(H,7,8)/b;2-1+/t19-,20+,22-,24+,25+,26-,27+,28+;/m1./s1/i2+1,3+1,9+1,10+1;. The molecule has 8 atom stereocenters. The number of carboxylic acid groups (broad SMARTS) is 2. The van der Waals surface area contributed by atoms with E-state index in [-0.39, 0.29) is 29.1 Å². The van der Waals surface area contributed by atoms with Crippen LogP contribution in [-0.4, -0.2) is 87.3 Å². The van der Waals surface area contributed by atoms with Crippen LogP contribution in [0.4, 0.5) is 0 Å². The van der Waals surface area contributed by atoms with Crippen LogP contribution in [0.5, 0.6) is 0 Å². The molecule has 3 fully saturated rings. The fourth-order valence-corrected chi connectivity index (χ4v) is 8.49. The van der Waals surface area contributed by atoms with Gasteiger partial charge in [0.15, 0.2) is 0 Å². The smallest absolute Gasteiger partial charge is 0.328 e. The van der Waals surface area contributed by atoms with Crippen LogP contribution in [0.3, 0.4) is 0 Å². The SMILES string of the molecule is C=C[C@]1(C)C[C@@H](OC(=O)CSCCN([13CH2][13CH3])[13CH2][13CH3])[C@]2(C)[C@H](C)CC[C@]3(CCC(=O)[C@H]32)[C@@H](C)[C@@H]1O.O=C(O)/C=C/C(=O)O. The third-order valence-electron chi connectivity index (χ3n) is 10.6. The number of Topliss-reactive ketones (excluding diaryl/α,β-unsaturated/α-hetero) is 1. The number of carbonyl (C=O) groups is 4. The summed E-state index contributed by atoms with van der Waals surface area (Å²) < 4.78 is 6.30. The number of hydrogen-bond donors (Lipinski definition) is 3. The fraction of sp³-hybridized carbons (Fsp3) is 0.750. The minimum absolute atomic E-state index is 0.00828. The molecule has 0 aromatic rings. The lowest BCUT2D eigenvalue weighted by Crippen LogP contribution is -2.63. The van der Waals surface area contributed by atoms with Crippen molar-refractivity contribution in [2.75, 3.05) is 31.1 Å². The van der Waals surface area contributed by atoms with Crippen LogP contribution >= 0.6 is 11.8 Å². The Balaban J connectivity index is 0.000000675. The third-order valence-corrected chi connectivity index (χ3v) is 11.5. The van der Waals surface area contributed by atoms with Crippen LogP contribution in [0.15, 0.2) is 24.8 Å². The van der Waals surface area contributed by atoms with Gasteiger partial charge in [0, 0.05) is 47.6 Å². The molecule has 10 heteroatoms. The Morgan fingerprint density at radius 2 is 1.69 bits per heavy atom. The Labute approximate surface area is 255 Å². The lowest BCUT2D eigenvalue weighted by Gasteiger charge is -2.61. The zero-order chi connectivity index (χ0) is 31.9. The summed E-state index contributed by atoms with van der Waals surface area (Å²) in [5.74, 6) is -1.14. The van der Waals surface area contributed by atoms with E-state index in [1.54, 1.807) is 11.8 Å². The zero-order valence-corrected chi connectivity index (χ0v) is 27.0. The highest BCUT2D eigenvalue weighted by Gasteiger charge is 2.68. The van der Waals surface area contributed by atoms with Crippen molar-refractivity contribution in [3.8, 4) is 0 Å². The number of rotatable bonds is 11. The van der Waals surface area contributed by atoms with Crippen molar-refractivity contribution in [3.63, 3.8) is 0 Å². The topological polar surface area (TPSA) is 141 Å². The average molecular weight is 614 g/mol. The van der Waals surface area contributed by atoms with Gasteiger partial charge in [-0.1, -0.05) is 47.6 Å². The molecule has 3 rings (SSSR count). The van der Waals surface area contributed by atoms with E-state index in [2.05, 4.69) is 46.1 Å². The summed E-state index contributed by atoms with van der Waals surface area (Å²) in [4.78, 5) is 48.0. The van der Waals surface area contributed by atoms with Crippen molar-refractivity contribution in [2.24, 2.45) is 34.0 Å². The van der Waals surface area contributed by atoms with E-state index in [0.717, 1.165) is 44.6 Å². The maximum absolute atomic E-state index is 13.4. The molecule has 3 aliphatic carbocycles. The second-order valence-electron chi connectivity index (χ2n) is 12.7. The molecule has 0 aromatic carbocycles. The summed E-state index contributed by atoms with van der Waals surface area (Å²) in [5.41, 5.74) is -1.25. The molecule has 0 radical (unpaired) electrons. The maximum atomic E-state index is 13.4. The van der Waals surface area contributed by atoms with Gasteiger partial charge in [-0.15, -0.1) is 18.3 Å². The van der Waals surface area contributed by atoms with Crippen LogP contribution in [0, 0.1) is 34.0 Å². The summed E-state index contributed by atoms with van der Waals surface area (Å²) in [7, 11) is 0. The molecule has 0 amide bonds. The van der Waals surface area contributed by atoms with E-state index in [9.17, 15) is 24.3 Å². The Hall–Kier alpha value is -2.17. The monoisotopic (exact) mass is 613 g/mol.